The molecule has 134 valence electrons. The van der Waals surface area contributed by atoms with Crippen molar-refractivity contribution in [2.45, 2.75) is 33.1 Å². The highest BCUT2D eigenvalue weighted by Gasteiger charge is 2.12. The van der Waals surface area contributed by atoms with Crippen LogP contribution in [0, 0.1) is 6.92 Å². The first-order chi connectivity index (χ1) is 12.6. The molecule has 4 nitrogen and oxygen atoms in total. The standard InChI is InChI=1S/C22H25N3O/c1-15(2)18-10-4-7-16(3)21(18)25-20(26)12-14-23-19-11-5-8-17-9-6-13-24-22(17)19/h4-11,13,15,23H,12,14H2,1-3H3,(H,25,26). The predicted molar refractivity (Wildman–Crippen MR) is 109 cm³/mol. The summed E-state index contributed by atoms with van der Waals surface area (Å²) in [5.74, 6) is 0.381. The molecule has 0 saturated heterocycles. The van der Waals surface area contributed by atoms with Crippen molar-refractivity contribution in [1.29, 1.82) is 0 Å². The van der Waals surface area contributed by atoms with Crippen molar-refractivity contribution in [1.82, 2.24) is 4.98 Å². The van der Waals surface area contributed by atoms with Gasteiger partial charge in [0.05, 0.1) is 11.2 Å². The minimum atomic E-state index is 0.0156. The summed E-state index contributed by atoms with van der Waals surface area (Å²) in [4.78, 5) is 16.9. The van der Waals surface area contributed by atoms with Crippen molar-refractivity contribution < 1.29 is 4.79 Å². The number of amides is 1. The van der Waals surface area contributed by atoms with Crippen LogP contribution >= 0.6 is 0 Å². The van der Waals surface area contributed by atoms with Crippen LogP contribution in [-0.4, -0.2) is 17.4 Å². The second-order valence-corrected chi connectivity index (χ2v) is 6.80. The molecule has 0 aliphatic heterocycles. The molecule has 1 heterocycles. The van der Waals surface area contributed by atoms with Crippen molar-refractivity contribution in [2.24, 2.45) is 0 Å². The Kier molecular flexibility index (Phi) is 5.52. The fraction of sp³-hybridized carbons (Fsp3) is 0.273. The van der Waals surface area contributed by atoms with Gasteiger partial charge in [0.15, 0.2) is 0 Å². The van der Waals surface area contributed by atoms with Crippen LogP contribution in [-0.2, 0) is 4.79 Å². The molecule has 0 saturated carbocycles. The lowest BCUT2D eigenvalue weighted by molar-refractivity contribution is -0.115. The molecule has 0 unspecified atom stereocenters. The Bertz CT molecular complexity index is 913. The van der Waals surface area contributed by atoms with Gasteiger partial charge in [-0.3, -0.25) is 9.78 Å². The SMILES string of the molecule is Cc1cccc(C(C)C)c1NC(=O)CCNc1cccc2cccnc12. The van der Waals surface area contributed by atoms with E-state index in [9.17, 15) is 4.79 Å². The fourth-order valence-electron chi connectivity index (χ4n) is 3.10. The molecule has 0 radical (unpaired) electrons. The van der Waals surface area contributed by atoms with Crippen LogP contribution < -0.4 is 10.6 Å². The Hall–Kier alpha value is -2.88. The second kappa shape index (κ2) is 8.00. The largest absolute Gasteiger partial charge is 0.383 e. The summed E-state index contributed by atoms with van der Waals surface area (Å²) < 4.78 is 0. The number of carbonyl (C=O) groups excluding carboxylic acids is 1. The first kappa shape index (κ1) is 17.9. The molecule has 0 fully saturated rings. The first-order valence-electron chi connectivity index (χ1n) is 9.03. The number of aromatic nitrogens is 1. The van der Waals surface area contributed by atoms with Gasteiger partial charge in [-0.15, -0.1) is 0 Å². The zero-order valence-corrected chi connectivity index (χ0v) is 15.5. The molecule has 3 aromatic rings. The third-order valence-electron chi connectivity index (χ3n) is 4.49. The molecule has 26 heavy (non-hydrogen) atoms. The number of benzene rings is 2. The Morgan fingerprint density at radius 3 is 2.65 bits per heavy atom. The van der Waals surface area contributed by atoms with Gasteiger partial charge in [0.25, 0.3) is 0 Å². The summed E-state index contributed by atoms with van der Waals surface area (Å²) in [5, 5.41) is 7.51. The van der Waals surface area contributed by atoms with E-state index in [0.29, 0.717) is 18.9 Å². The molecule has 1 amide bonds. The molecule has 0 aliphatic rings. The zero-order valence-electron chi connectivity index (χ0n) is 15.5. The van der Waals surface area contributed by atoms with Crippen LogP contribution in [0.4, 0.5) is 11.4 Å². The zero-order chi connectivity index (χ0) is 18.5. The molecular formula is C22H25N3O. The topological polar surface area (TPSA) is 54.0 Å². The minimum absolute atomic E-state index is 0.0156. The predicted octanol–water partition coefficient (Wildman–Crippen LogP) is 5.11. The van der Waals surface area contributed by atoms with E-state index in [1.165, 1.54) is 5.56 Å². The van der Waals surface area contributed by atoms with Crippen LogP contribution in [0.15, 0.2) is 54.7 Å². The Morgan fingerprint density at radius 2 is 1.85 bits per heavy atom. The summed E-state index contributed by atoms with van der Waals surface area (Å²) in [6.07, 6.45) is 2.18. The highest BCUT2D eigenvalue weighted by atomic mass is 16.1. The van der Waals surface area contributed by atoms with Gasteiger partial charge in [-0.2, -0.15) is 0 Å². The first-order valence-corrected chi connectivity index (χ1v) is 9.03. The number of hydrogen-bond acceptors (Lipinski definition) is 3. The average Bonchev–Trinajstić information content (AvgIpc) is 2.63. The number of carbonyl (C=O) groups is 1. The molecule has 2 aromatic carbocycles. The monoisotopic (exact) mass is 347 g/mol. The third-order valence-corrected chi connectivity index (χ3v) is 4.49. The van der Waals surface area contributed by atoms with Crippen LogP contribution in [0.25, 0.3) is 10.9 Å². The lowest BCUT2D eigenvalue weighted by Gasteiger charge is -2.16. The van der Waals surface area contributed by atoms with E-state index in [2.05, 4.69) is 35.5 Å². The van der Waals surface area contributed by atoms with Gasteiger partial charge in [-0.05, 0) is 36.1 Å². The minimum Gasteiger partial charge on any atom is -0.383 e. The molecule has 0 bridgehead atoms. The van der Waals surface area contributed by atoms with E-state index in [1.807, 2.05) is 49.4 Å². The molecule has 1 aromatic heterocycles. The third kappa shape index (κ3) is 4.02. The normalized spacial score (nSPS) is 10.9. The highest BCUT2D eigenvalue weighted by Crippen LogP contribution is 2.27. The van der Waals surface area contributed by atoms with E-state index in [1.54, 1.807) is 6.20 Å². The average molecular weight is 347 g/mol. The molecule has 0 atom stereocenters. The van der Waals surface area contributed by atoms with Crippen LogP contribution in [0.5, 0.6) is 0 Å². The number of pyridine rings is 1. The van der Waals surface area contributed by atoms with Crippen molar-refractivity contribution >= 4 is 28.2 Å². The van der Waals surface area contributed by atoms with Crippen LogP contribution in [0.2, 0.25) is 0 Å². The summed E-state index contributed by atoms with van der Waals surface area (Å²) >= 11 is 0. The number of nitrogens with one attached hydrogen (secondary N) is 2. The Labute approximate surface area is 154 Å². The number of aryl methyl sites for hydroxylation is 1. The van der Waals surface area contributed by atoms with Crippen LogP contribution in [0.1, 0.15) is 37.3 Å². The van der Waals surface area contributed by atoms with Gasteiger partial charge in [0.1, 0.15) is 0 Å². The number of hydrogen-bond donors (Lipinski definition) is 2. The number of nitrogens with zero attached hydrogens (tertiary/aromatic N) is 1. The molecule has 0 spiro atoms. The van der Waals surface area contributed by atoms with Gasteiger partial charge in [0.2, 0.25) is 5.91 Å². The molecule has 3 rings (SSSR count). The Morgan fingerprint density at radius 1 is 1.08 bits per heavy atom. The summed E-state index contributed by atoms with van der Waals surface area (Å²) in [6, 6.07) is 16.1. The fourth-order valence-corrected chi connectivity index (χ4v) is 3.10. The van der Waals surface area contributed by atoms with Gasteiger partial charge in [-0.1, -0.05) is 50.2 Å². The van der Waals surface area contributed by atoms with Gasteiger partial charge in [0, 0.05) is 30.2 Å². The van der Waals surface area contributed by atoms with Crippen molar-refractivity contribution in [3.8, 4) is 0 Å². The maximum Gasteiger partial charge on any atom is 0.226 e. The van der Waals surface area contributed by atoms with E-state index < -0.39 is 0 Å². The van der Waals surface area contributed by atoms with E-state index in [-0.39, 0.29) is 5.91 Å². The lowest BCUT2D eigenvalue weighted by Crippen LogP contribution is -2.18. The van der Waals surface area contributed by atoms with Gasteiger partial charge >= 0.3 is 0 Å². The maximum absolute atomic E-state index is 12.4. The molecule has 0 aliphatic carbocycles. The second-order valence-electron chi connectivity index (χ2n) is 6.80. The van der Waals surface area contributed by atoms with Crippen LogP contribution in [0.3, 0.4) is 0 Å². The Balaban J connectivity index is 1.63. The van der Waals surface area contributed by atoms with Gasteiger partial charge < -0.3 is 10.6 Å². The molecular weight excluding hydrogens is 322 g/mol. The van der Waals surface area contributed by atoms with E-state index in [4.69, 9.17) is 0 Å². The summed E-state index contributed by atoms with van der Waals surface area (Å²) in [5.41, 5.74) is 5.09. The van der Waals surface area contributed by atoms with E-state index >= 15 is 0 Å². The van der Waals surface area contributed by atoms with Crippen molar-refractivity contribution in [2.75, 3.05) is 17.2 Å². The van der Waals surface area contributed by atoms with Crippen molar-refractivity contribution in [3.63, 3.8) is 0 Å². The van der Waals surface area contributed by atoms with E-state index in [0.717, 1.165) is 27.8 Å². The number of anilines is 2. The number of fused-ring (bicyclic) bond motifs is 1. The summed E-state index contributed by atoms with van der Waals surface area (Å²) in [6.45, 7) is 6.87. The highest BCUT2D eigenvalue weighted by molar-refractivity contribution is 5.93. The molecule has 2 N–H and O–H groups in total. The van der Waals surface area contributed by atoms with Crippen molar-refractivity contribution in [3.05, 3.63) is 65.9 Å². The van der Waals surface area contributed by atoms with Gasteiger partial charge in [-0.25, -0.2) is 0 Å². The maximum atomic E-state index is 12.4. The quantitative estimate of drug-likeness (QED) is 0.652. The number of rotatable bonds is 6. The molecule has 4 heteroatoms. The summed E-state index contributed by atoms with van der Waals surface area (Å²) in [7, 11) is 0. The number of para-hydroxylation sites is 2. The smallest absolute Gasteiger partial charge is 0.226 e. The lowest BCUT2D eigenvalue weighted by atomic mass is 9.98.